The van der Waals surface area contributed by atoms with Gasteiger partial charge in [0.25, 0.3) is 11.5 Å². The van der Waals surface area contributed by atoms with Crippen LogP contribution in [-0.2, 0) is 4.79 Å². The summed E-state index contributed by atoms with van der Waals surface area (Å²) in [5, 5.41) is 13.5. The molecule has 8 heteroatoms. The van der Waals surface area contributed by atoms with Gasteiger partial charge in [-0.25, -0.2) is 4.98 Å². The number of benzene rings is 2. The van der Waals surface area contributed by atoms with Crippen molar-refractivity contribution < 1.29 is 9.59 Å². The molecule has 0 saturated carbocycles. The molecule has 1 atom stereocenters. The maximum atomic E-state index is 12.9. The van der Waals surface area contributed by atoms with E-state index in [1.807, 2.05) is 12.1 Å². The first-order chi connectivity index (χ1) is 13.6. The normalized spacial score (nSPS) is 16.6. The number of aromatic nitrogens is 3. The Kier molecular flexibility index (Phi) is 4.26. The van der Waals surface area contributed by atoms with E-state index in [1.54, 1.807) is 54.7 Å². The van der Waals surface area contributed by atoms with Gasteiger partial charge in [0, 0.05) is 7.05 Å². The Morgan fingerprint density at radius 1 is 1.04 bits per heavy atom. The zero-order valence-electron chi connectivity index (χ0n) is 14.9. The average molecular weight is 370 g/mol. The van der Waals surface area contributed by atoms with Crippen molar-refractivity contribution in [1.29, 1.82) is 5.26 Å². The molecule has 2 aromatic carbocycles. The molecule has 4 rings (SSSR count). The number of hydrogen-bond acceptors (Lipinski definition) is 6. The van der Waals surface area contributed by atoms with Crippen molar-refractivity contribution >= 4 is 11.8 Å². The van der Waals surface area contributed by atoms with Crippen molar-refractivity contribution in [1.82, 2.24) is 19.7 Å². The van der Waals surface area contributed by atoms with Crippen molar-refractivity contribution in [2.45, 2.75) is 5.92 Å². The number of imide groups is 1. The monoisotopic (exact) mass is 370 g/mol. The first kappa shape index (κ1) is 17.3. The van der Waals surface area contributed by atoms with Crippen LogP contribution in [0.25, 0.3) is 5.69 Å². The molecule has 2 heterocycles. The third kappa shape index (κ3) is 2.75. The topological polar surface area (TPSA) is 104 Å². The van der Waals surface area contributed by atoms with Gasteiger partial charge in [-0.05, 0) is 17.7 Å². The molecule has 0 saturated heterocycles. The largest absolute Gasteiger partial charge is 0.282 e. The van der Waals surface area contributed by atoms with Crippen molar-refractivity contribution in [3.63, 3.8) is 0 Å². The second kappa shape index (κ2) is 6.89. The van der Waals surface area contributed by atoms with Crippen LogP contribution in [0.4, 0.5) is 0 Å². The van der Waals surface area contributed by atoms with Gasteiger partial charge in [-0.3, -0.25) is 14.5 Å². The maximum Gasteiger partial charge on any atom is 0.282 e. The Morgan fingerprint density at radius 3 is 2.32 bits per heavy atom. The molecule has 2 amide bonds. The van der Waals surface area contributed by atoms with E-state index in [-0.39, 0.29) is 17.0 Å². The molecule has 0 spiro atoms. The van der Waals surface area contributed by atoms with Crippen LogP contribution >= 0.6 is 0 Å². The van der Waals surface area contributed by atoms with E-state index in [0.717, 1.165) is 4.90 Å². The van der Waals surface area contributed by atoms with Gasteiger partial charge in [-0.2, -0.15) is 15.0 Å². The minimum atomic E-state index is -0.801. The molecule has 1 aliphatic rings. The minimum Gasteiger partial charge on any atom is -0.279 e. The van der Waals surface area contributed by atoms with Crippen LogP contribution in [0.15, 0.2) is 65.7 Å². The quantitative estimate of drug-likeness (QED) is 0.501. The molecular weight excluding hydrogens is 356 g/mol. The average Bonchev–Trinajstić information content (AvgIpc) is 2.74. The molecule has 0 bridgehead atoms. The second-order valence-electron chi connectivity index (χ2n) is 6.15. The first-order valence-corrected chi connectivity index (χ1v) is 8.48. The standard InChI is InChI=1S/C20H14N6O2/c1-25-18(27)15(13-8-4-2-5-9-13)16-17(19(25)28)24-26(20(23-16)22-12-21)14-10-6-3-7-11-14/h2-11,15H,1H3. The number of likely N-dealkylation sites (N-methyl/N-ethyl adjacent to an activating group) is 1. The zero-order chi connectivity index (χ0) is 19.7. The highest BCUT2D eigenvalue weighted by Gasteiger charge is 2.40. The van der Waals surface area contributed by atoms with E-state index in [2.05, 4.69) is 15.1 Å². The number of nitrogens with zero attached hydrogens (tertiary/aromatic N) is 6. The lowest BCUT2D eigenvalue weighted by molar-refractivity contribution is -0.128. The number of amides is 2. The summed E-state index contributed by atoms with van der Waals surface area (Å²) in [6, 6.07) is 18.0. The number of carbonyl (C=O) groups excluding carboxylic acids is 2. The van der Waals surface area contributed by atoms with Crippen LogP contribution in [0, 0.1) is 11.5 Å². The first-order valence-electron chi connectivity index (χ1n) is 8.48. The van der Waals surface area contributed by atoms with Crippen LogP contribution in [-0.4, -0.2) is 38.5 Å². The summed E-state index contributed by atoms with van der Waals surface area (Å²) in [5.74, 6) is -1.75. The molecule has 1 unspecified atom stereocenters. The van der Waals surface area contributed by atoms with Gasteiger partial charge in [-0.1, -0.05) is 48.5 Å². The van der Waals surface area contributed by atoms with Gasteiger partial charge in [0.1, 0.15) is 5.92 Å². The SMILES string of the molecule is CN1C(=O)c2nn(-c3ccccc3)c(=NC#N)nc2C(c2ccccc2)C1=O. The second-order valence-corrected chi connectivity index (χ2v) is 6.15. The smallest absolute Gasteiger partial charge is 0.279 e. The Labute approximate surface area is 160 Å². The summed E-state index contributed by atoms with van der Waals surface area (Å²) in [4.78, 5) is 34.8. The molecule has 0 radical (unpaired) electrons. The van der Waals surface area contributed by atoms with Gasteiger partial charge >= 0.3 is 0 Å². The molecular formula is C20H14N6O2. The Bertz CT molecular complexity index is 1180. The van der Waals surface area contributed by atoms with E-state index in [9.17, 15) is 9.59 Å². The van der Waals surface area contributed by atoms with Crippen molar-refractivity contribution in [2.75, 3.05) is 7.05 Å². The predicted molar refractivity (Wildman–Crippen MR) is 97.9 cm³/mol. The number of rotatable bonds is 2. The molecule has 1 aliphatic heterocycles. The van der Waals surface area contributed by atoms with Gasteiger partial charge < -0.3 is 0 Å². The van der Waals surface area contributed by atoms with E-state index in [4.69, 9.17) is 5.26 Å². The lowest BCUT2D eigenvalue weighted by Gasteiger charge is -2.29. The Morgan fingerprint density at radius 2 is 1.68 bits per heavy atom. The lowest BCUT2D eigenvalue weighted by atomic mass is 9.90. The van der Waals surface area contributed by atoms with Gasteiger partial charge in [0.2, 0.25) is 12.1 Å². The van der Waals surface area contributed by atoms with E-state index < -0.39 is 17.7 Å². The number of fused-ring (bicyclic) bond motifs is 1. The van der Waals surface area contributed by atoms with Gasteiger partial charge in [0.15, 0.2) is 5.69 Å². The lowest BCUT2D eigenvalue weighted by Crippen LogP contribution is -2.46. The number of para-hydroxylation sites is 1. The highest BCUT2D eigenvalue weighted by Crippen LogP contribution is 2.31. The fraction of sp³-hybridized carbons (Fsp3) is 0.100. The molecule has 0 aliphatic carbocycles. The van der Waals surface area contributed by atoms with Crippen molar-refractivity contribution in [3.8, 4) is 11.9 Å². The van der Waals surface area contributed by atoms with Gasteiger partial charge in [0.05, 0.1) is 11.4 Å². The summed E-state index contributed by atoms with van der Waals surface area (Å²) >= 11 is 0. The fourth-order valence-corrected chi connectivity index (χ4v) is 3.13. The van der Waals surface area contributed by atoms with Crippen LogP contribution in [0.5, 0.6) is 0 Å². The highest BCUT2D eigenvalue weighted by molar-refractivity contribution is 6.10. The Hall–Kier alpha value is -4.12. The third-order valence-corrected chi connectivity index (χ3v) is 4.49. The van der Waals surface area contributed by atoms with Crippen LogP contribution in [0.2, 0.25) is 0 Å². The third-order valence-electron chi connectivity index (χ3n) is 4.49. The molecule has 0 N–H and O–H groups in total. The van der Waals surface area contributed by atoms with E-state index >= 15 is 0 Å². The maximum absolute atomic E-state index is 12.9. The van der Waals surface area contributed by atoms with Gasteiger partial charge in [-0.15, -0.1) is 4.99 Å². The summed E-state index contributed by atoms with van der Waals surface area (Å²) in [6.07, 6.45) is 1.71. The van der Waals surface area contributed by atoms with Crippen LogP contribution < -0.4 is 5.62 Å². The minimum absolute atomic E-state index is 0.00136. The number of carbonyl (C=O) groups is 2. The molecule has 136 valence electrons. The summed E-state index contributed by atoms with van der Waals surface area (Å²) in [7, 11) is 1.42. The molecule has 0 fully saturated rings. The molecule has 28 heavy (non-hydrogen) atoms. The van der Waals surface area contributed by atoms with Crippen LogP contribution in [0.1, 0.15) is 27.7 Å². The number of nitriles is 1. The highest BCUT2D eigenvalue weighted by atomic mass is 16.2. The van der Waals surface area contributed by atoms with Crippen LogP contribution in [0.3, 0.4) is 0 Å². The molecule has 3 aromatic rings. The van der Waals surface area contributed by atoms with Crippen molar-refractivity contribution in [2.24, 2.45) is 4.99 Å². The van der Waals surface area contributed by atoms with E-state index in [1.165, 1.54) is 11.7 Å². The molecule has 1 aromatic heterocycles. The van der Waals surface area contributed by atoms with E-state index in [0.29, 0.717) is 11.3 Å². The fourth-order valence-electron chi connectivity index (χ4n) is 3.13. The zero-order valence-corrected chi connectivity index (χ0v) is 14.9. The number of hydrogen-bond donors (Lipinski definition) is 0. The molecule has 8 nitrogen and oxygen atoms in total. The predicted octanol–water partition coefficient (Wildman–Crippen LogP) is 1.39. The van der Waals surface area contributed by atoms with Crippen molar-refractivity contribution in [3.05, 3.63) is 83.2 Å². The summed E-state index contributed by atoms with van der Waals surface area (Å²) < 4.78 is 1.33. The Balaban J connectivity index is 2.03. The summed E-state index contributed by atoms with van der Waals surface area (Å²) in [5.41, 5.74) is 1.52. The summed E-state index contributed by atoms with van der Waals surface area (Å²) in [6.45, 7) is 0.